The number of thioether (sulfide) groups is 1. The predicted molar refractivity (Wildman–Crippen MR) is 120 cm³/mol. The molecule has 5 nitrogen and oxygen atoms in total. The normalized spacial score (nSPS) is 10.8. The minimum atomic E-state index is 0. The molecule has 0 radical (unpaired) electrons. The number of hydrogen-bond acceptors (Lipinski definition) is 4. The summed E-state index contributed by atoms with van der Waals surface area (Å²) in [6.07, 6.45) is 3.00. The van der Waals surface area contributed by atoms with Gasteiger partial charge in [-0.2, -0.15) is 11.8 Å². The molecule has 25 heavy (non-hydrogen) atoms. The second-order valence-electron chi connectivity index (χ2n) is 5.08. The maximum atomic E-state index is 5.68. The second-order valence-corrected chi connectivity index (χ2v) is 6.06. The number of halogens is 1. The highest BCUT2D eigenvalue weighted by atomic mass is 127. The van der Waals surface area contributed by atoms with E-state index in [9.17, 15) is 0 Å². The van der Waals surface area contributed by atoms with Crippen LogP contribution in [0.2, 0.25) is 0 Å². The Labute approximate surface area is 173 Å². The SMILES string of the molecule is CCNC(=NCCSC)NCCc1ccc(OCC)c(OCC)c1.I. The van der Waals surface area contributed by atoms with Crippen LogP contribution in [0.3, 0.4) is 0 Å². The van der Waals surface area contributed by atoms with Gasteiger partial charge in [-0.3, -0.25) is 4.99 Å². The Morgan fingerprint density at radius 3 is 2.44 bits per heavy atom. The van der Waals surface area contributed by atoms with Crippen molar-refractivity contribution in [1.82, 2.24) is 10.6 Å². The Morgan fingerprint density at radius 2 is 1.80 bits per heavy atom. The third kappa shape index (κ3) is 10.0. The first-order chi connectivity index (χ1) is 11.7. The van der Waals surface area contributed by atoms with Crippen molar-refractivity contribution in [3.05, 3.63) is 23.8 Å². The minimum absolute atomic E-state index is 0. The molecule has 0 atom stereocenters. The van der Waals surface area contributed by atoms with Crippen molar-refractivity contribution in [2.75, 3.05) is 44.9 Å². The highest BCUT2D eigenvalue weighted by Crippen LogP contribution is 2.28. The van der Waals surface area contributed by atoms with Crippen molar-refractivity contribution in [2.24, 2.45) is 4.99 Å². The van der Waals surface area contributed by atoms with Gasteiger partial charge in [0.1, 0.15) is 0 Å². The van der Waals surface area contributed by atoms with Crippen LogP contribution >= 0.6 is 35.7 Å². The van der Waals surface area contributed by atoms with E-state index in [4.69, 9.17) is 9.47 Å². The van der Waals surface area contributed by atoms with E-state index in [1.165, 1.54) is 5.56 Å². The van der Waals surface area contributed by atoms with Gasteiger partial charge in [0.05, 0.1) is 19.8 Å². The first-order valence-corrected chi connectivity index (χ1v) is 10.0. The minimum Gasteiger partial charge on any atom is -0.490 e. The first-order valence-electron chi connectivity index (χ1n) is 8.64. The second kappa shape index (κ2) is 15.4. The van der Waals surface area contributed by atoms with Gasteiger partial charge < -0.3 is 20.1 Å². The van der Waals surface area contributed by atoms with E-state index in [1.54, 1.807) is 11.8 Å². The summed E-state index contributed by atoms with van der Waals surface area (Å²) in [6.45, 7) is 9.83. The zero-order valence-corrected chi connectivity index (χ0v) is 18.9. The van der Waals surface area contributed by atoms with Crippen LogP contribution in [0.25, 0.3) is 0 Å². The van der Waals surface area contributed by atoms with Crippen LogP contribution in [-0.2, 0) is 6.42 Å². The fourth-order valence-corrected chi connectivity index (χ4v) is 2.44. The molecule has 144 valence electrons. The molecule has 7 heteroatoms. The van der Waals surface area contributed by atoms with E-state index >= 15 is 0 Å². The molecule has 0 amide bonds. The molecule has 0 aliphatic rings. The maximum Gasteiger partial charge on any atom is 0.191 e. The van der Waals surface area contributed by atoms with Crippen molar-refractivity contribution < 1.29 is 9.47 Å². The van der Waals surface area contributed by atoms with Crippen LogP contribution in [0.1, 0.15) is 26.3 Å². The Morgan fingerprint density at radius 1 is 1.08 bits per heavy atom. The van der Waals surface area contributed by atoms with Gasteiger partial charge in [-0.1, -0.05) is 6.07 Å². The molecule has 0 unspecified atom stereocenters. The van der Waals surface area contributed by atoms with Gasteiger partial charge in [0.25, 0.3) is 0 Å². The average molecular weight is 481 g/mol. The molecule has 1 aromatic rings. The number of rotatable bonds is 11. The summed E-state index contributed by atoms with van der Waals surface area (Å²) in [5, 5.41) is 6.65. The lowest BCUT2D eigenvalue weighted by Gasteiger charge is -2.14. The highest BCUT2D eigenvalue weighted by Gasteiger charge is 2.06. The van der Waals surface area contributed by atoms with Gasteiger partial charge in [0, 0.05) is 18.8 Å². The molecule has 0 saturated heterocycles. The highest BCUT2D eigenvalue weighted by molar-refractivity contribution is 14.0. The van der Waals surface area contributed by atoms with Crippen LogP contribution in [0, 0.1) is 0 Å². The zero-order valence-electron chi connectivity index (χ0n) is 15.8. The molecule has 0 spiro atoms. The third-order valence-electron chi connectivity index (χ3n) is 3.22. The summed E-state index contributed by atoms with van der Waals surface area (Å²) in [5.74, 6) is 3.54. The zero-order chi connectivity index (χ0) is 17.6. The van der Waals surface area contributed by atoms with E-state index in [0.29, 0.717) is 13.2 Å². The van der Waals surface area contributed by atoms with E-state index in [-0.39, 0.29) is 24.0 Å². The molecule has 0 bridgehead atoms. The lowest BCUT2D eigenvalue weighted by molar-refractivity contribution is 0.287. The number of hydrogen-bond donors (Lipinski definition) is 2. The van der Waals surface area contributed by atoms with Crippen molar-refractivity contribution in [3.63, 3.8) is 0 Å². The van der Waals surface area contributed by atoms with Gasteiger partial charge >= 0.3 is 0 Å². The van der Waals surface area contributed by atoms with Gasteiger partial charge in [-0.05, 0) is 51.1 Å². The summed E-state index contributed by atoms with van der Waals surface area (Å²) in [6, 6.07) is 6.14. The average Bonchev–Trinajstić information content (AvgIpc) is 2.58. The lowest BCUT2D eigenvalue weighted by Crippen LogP contribution is -2.38. The van der Waals surface area contributed by atoms with Crippen LogP contribution in [0.4, 0.5) is 0 Å². The van der Waals surface area contributed by atoms with Gasteiger partial charge in [0.15, 0.2) is 17.5 Å². The molecule has 1 aromatic carbocycles. The fraction of sp³-hybridized carbons (Fsp3) is 0.611. The van der Waals surface area contributed by atoms with Gasteiger partial charge in [-0.25, -0.2) is 0 Å². The third-order valence-corrected chi connectivity index (χ3v) is 3.81. The smallest absolute Gasteiger partial charge is 0.191 e. The largest absolute Gasteiger partial charge is 0.490 e. The Bertz CT molecular complexity index is 501. The van der Waals surface area contributed by atoms with Crippen LogP contribution in [0.15, 0.2) is 23.2 Å². The Kier molecular flexibility index (Phi) is 14.9. The number of nitrogens with one attached hydrogen (secondary N) is 2. The summed E-state index contributed by atoms with van der Waals surface area (Å²) < 4.78 is 11.3. The van der Waals surface area contributed by atoms with Crippen molar-refractivity contribution in [1.29, 1.82) is 0 Å². The molecular weight excluding hydrogens is 449 g/mol. The number of ether oxygens (including phenoxy) is 2. The van der Waals surface area contributed by atoms with Crippen LogP contribution in [0.5, 0.6) is 11.5 Å². The quantitative estimate of drug-likeness (QED) is 0.219. The molecule has 2 N–H and O–H groups in total. The molecule has 0 fully saturated rings. The van der Waals surface area contributed by atoms with E-state index < -0.39 is 0 Å². The van der Waals surface area contributed by atoms with Crippen LogP contribution < -0.4 is 20.1 Å². The standard InChI is InChI=1S/C18H31N3O2S.HI/c1-5-19-18(21-12-13-24-4)20-11-10-15-8-9-16(22-6-2)17(14-15)23-7-3;/h8-9,14H,5-7,10-13H2,1-4H3,(H2,19,20,21);1H. The van der Waals surface area contributed by atoms with E-state index in [0.717, 1.165) is 49.3 Å². The summed E-state index contributed by atoms with van der Waals surface area (Å²) in [7, 11) is 0. The summed E-state index contributed by atoms with van der Waals surface area (Å²) in [5.41, 5.74) is 1.22. The van der Waals surface area contributed by atoms with Gasteiger partial charge in [-0.15, -0.1) is 24.0 Å². The van der Waals surface area contributed by atoms with E-state index in [2.05, 4.69) is 40.9 Å². The predicted octanol–water partition coefficient (Wildman–Crippen LogP) is 3.56. The fourth-order valence-electron chi connectivity index (χ4n) is 2.17. The monoisotopic (exact) mass is 481 g/mol. The number of guanidine groups is 1. The molecule has 0 aliphatic carbocycles. The van der Waals surface area contributed by atoms with Crippen molar-refractivity contribution in [3.8, 4) is 11.5 Å². The molecule has 1 rings (SSSR count). The Balaban J connectivity index is 0.00000576. The maximum absolute atomic E-state index is 5.68. The summed E-state index contributed by atoms with van der Waals surface area (Å²) >= 11 is 1.81. The Hall–Kier alpha value is -0.830. The van der Waals surface area contributed by atoms with Crippen molar-refractivity contribution in [2.45, 2.75) is 27.2 Å². The molecule has 0 aromatic heterocycles. The first kappa shape index (κ1) is 24.2. The van der Waals surface area contributed by atoms with Crippen LogP contribution in [-0.4, -0.2) is 50.8 Å². The topological polar surface area (TPSA) is 54.9 Å². The molecular formula is C18H32IN3O2S. The van der Waals surface area contributed by atoms with Crippen molar-refractivity contribution >= 4 is 41.7 Å². The summed E-state index contributed by atoms with van der Waals surface area (Å²) in [4.78, 5) is 4.55. The lowest BCUT2D eigenvalue weighted by atomic mass is 10.1. The molecule has 0 saturated carbocycles. The molecule has 0 aliphatic heterocycles. The number of benzene rings is 1. The van der Waals surface area contributed by atoms with E-state index in [1.807, 2.05) is 19.9 Å². The van der Waals surface area contributed by atoms with Gasteiger partial charge in [0.2, 0.25) is 0 Å². The molecule has 0 heterocycles. The number of aliphatic imine (C=N–C) groups is 1. The number of nitrogens with zero attached hydrogens (tertiary/aromatic N) is 1.